The molecule has 1 aromatic carbocycles. The number of quaternary nitrogens is 1. The van der Waals surface area contributed by atoms with Gasteiger partial charge in [0, 0.05) is 9.99 Å². The molecule has 4 heteroatoms. The van der Waals surface area contributed by atoms with Crippen LogP contribution in [0.3, 0.4) is 0 Å². The molecule has 88 valence electrons. The first-order valence-electron chi connectivity index (χ1n) is 5.32. The van der Waals surface area contributed by atoms with E-state index in [2.05, 4.69) is 36.7 Å². The maximum absolute atomic E-state index is 11.7. The maximum atomic E-state index is 11.7. The zero-order valence-electron chi connectivity index (χ0n) is 9.63. The van der Waals surface area contributed by atoms with Gasteiger partial charge in [0.2, 0.25) is 0 Å². The molecule has 0 saturated carbocycles. The highest BCUT2D eigenvalue weighted by atomic mass is 127. The van der Waals surface area contributed by atoms with E-state index in [-0.39, 0.29) is 5.97 Å². The van der Waals surface area contributed by atoms with Crippen LogP contribution in [0, 0.1) is 3.57 Å². The van der Waals surface area contributed by atoms with Crippen molar-refractivity contribution in [2.24, 2.45) is 0 Å². The topological polar surface area (TPSA) is 30.7 Å². The molecule has 0 aromatic heterocycles. The third kappa shape index (κ3) is 4.49. The van der Waals surface area contributed by atoms with Crippen LogP contribution >= 0.6 is 22.6 Å². The fourth-order valence-electron chi connectivity index (χ4n) is 1.30. The Morgan fingerprint density at radius 2 is 2.06 bits per heavy atom. The number of benzene rings is 1. The lowest BCUT2D eigenvalue weighted by Crippen LogP contribution is -3.05. The summed E-state index contributed by atoms with van der Waals surface area (Å²) in [4.78, 5) is 13.0. The number of ether oxygens (including phenoxy) is 1. The standard InChI is InChI=1S/C12H16INO2/c1-14(2)8-5-9-16-12(15)10-6-3-4-7-11(10)13/h3-4,6-7H,5,8-9H2,1-2H3/p+1. The van der Waals surface area contributed by atoms with Crippen molar-refractivity contribution in [2.45, 2.75) is 6.42 Å². The van der Waals surface area contributed by atoms with Gasteiger partial charge in [0.05, 0.1) is 32.8 Å². The second-order valence-corrected chi connectivity index (χ2v) is 5.09. The number of rotatable bonds is 5. The van der Waals surface area contributed by atoms with Crippen LogP contribution in [0.1, 0.15) is 16.8 Å². The average Bonchev–Trinajstić information content (AvgIpc) is 2.24. The van der Waals surface area contributed by atoms with Gasteiger partial charge in [-0.15, -0.1) is 0 Å². The van der Waals surface area contributed by atoms with Crippen LogP contribution in [0.15, 0.2) is 24.3 Å². The van der Waals surface area contributed by atoms with Crippen molar-refractivity contribution in [3.05, 3.63) is 33.4 Å². The minimum Gasteiger partial charge on any atom is -0.462 e. The Morgan fingerprint density at radius 3 is 2.69 bits per heavy atom. The highest BCUT2D eigenvalue weighted by Gasteiger charge is 2.10. The second-order valence-electron chi connectivity index (χ2n) is 3.93. The number of halogens is 1. The van der Waals surface area contributed by atoms with E-state index >= 15 is 0 Å². The second kappa shape index (κ2) is 6.85. The van der Waals surface area contributed by atoms with Gasteiger partial charge in [-0.1, -0.05) is 12.1 Å². The van der Waals surface area contributed by atoms with E-state index in [1.54, 1.807) is 6.07 Å². The lowest BCUT2D eigenvalue weighted by molar-refractivity contribution is -0.858. The number of carbonyl (C=O) groups excluding carboxylic acids is 1. The minimum absolute atomic E-state index is 0.223. The van der Waals surface area contributed by atoms with Crippen LogP contribution < -0.4 is 4.90 Å². The maximum Gasteiger partial charge on any atom is 0.339 e. The van der Waals surface area contributed by atoms with Gasteiger partial charge in [-0.3, -0.25) is 0 Å². The fourth-order valence-corrected chi connectivity index (χ4v) is 1.90. The first-order valence-corrected chi connectivity index (χ1v) is 6.40. The molecule has 16 heavy (non-hydrogen) atoms. The molecule has 1 N–H and O–H groups in total. The summed E-state index contributed by atoms with van der Waals surface area (Å²) in [6.45, 7) is 1.51. The fraction of sp³-hybridized carbons (Fsp3) is 0.417. The number of hydrogen-bond acceptors (Lipinski definition) is 2. The first kappa shape index (κ1) is 13.4. The van der Waals surface area contributed by atoms with Gasteiger partial charge in [0.15, 0.2) is 0 Å². The van der Waals surface area contributed by atoms with E-state index in [9.17, 15) is 4.79 Å². The molecule has 0 saturated heterocycles. The molecule has 0 amide bonds. The lowest BCUT2D eigenvalue weighted by atomic mass is 10.2. The van der Waals surface area contributed by atoms with Crippen molar-refractivity contribution in [2.75, 3.05) is 27.2 Å². The molecule has 0 fully saturated rings. The van der Waals surface area contributed by atoms with Gasteiger partial charge in [0.1, 0.15) is 0 Å². The summed E-state index contributed by atoms with van der Waals surface area (Å²) in [5.41, 5.74) is 0.653. The van der Waals surface area contributed by atoms with E-state index in [1.807, 2.05) is 18.2 Å². The van der Waals surface area contributed by atoms with E-state index in [1.165, 1.54) is 4.90 Å². The van der Waals surface area contributed by atoms with Gasteiger partial charge in [-0.05, 0) is 34.7 Å². The van der Waals surface area contributed by atoms with Gasteiger partial charge in [0.25, 0.3) is 0 Å². The predicted molar refractivity (Wildman–Crippen MR) is 71.7 cm³/mol. The molecule has 0 aliphatic carbocycles. The van der Waals surface area contributed by atoms with Crippen molar-refractivity contribution in [1.82, 2.24) is 0 Å². The molecule has 0 radical (unpaired) electrons. The first-order chi connectivity index (χ1) is 7.61. The summed E-state index contributed by atoms with van der Waals surface area (Å²) in [6, 6.07) is 7.46. The third-order valence-electron chi connectivity index (χ3n) is 2.15. The quantitative estimate of drug-likeness (QED) is 0.495. The summed E-state index contributed by atoms with van der Waals surface area (Å²) in [6.07, 6.45) is 0.900. The molecule has 0 heterocycles. The van der Waals surface area contributed by atoms with Crippen molar-refractivity contribution < 1.29 is 14.4 Å². The Kier molecular flexibility index (Phi) is 5.76. The number of esters is 1. The van der Waals surface area contributed by atoms with E-state index in [0.29, 0.717) is 12.2 Å². The highest BCUT2D eigenvalue weighted by molar-refractivity contribution is 14.1. The molecule has 0 aliphatic heterocycles. The molecular weight excluding hydrogens is 317 g/mol. The van der Waals surface area contributed by atoms with Gasteiger partial charge in [-0.2, -0.15) is 0 Å². The van der Waals surface area contributed by atoms with Crippen LogP contribution in [0.4, 0.5) is 0 Å². The van der Waals surface area contributed by atoms with Crippen LogP contribution in [0.2, 0.25) is 0 Å². The molecule has 3 nitrogen and oxygen atoms in total. The van der Waals surface area contributed by atoms with E-state index < -0.39 is 0 Å². The van der Waals surface area contributed by atoms with Gasteiger partial charge < -0.3 is 9.64 Å². The number of hydrogen-bond donors (Lipinski definition) is 1. The van der Waals surface area contributed by atoms with Crippen molar-refractivity contribution >= 4 is 28.6 Å². The zero-order valence-corrected chi connectivity index (χ0v) is 11.8. The molecule has 0 bridgehead atoms. The van der Waals surface area contributed by atoms with Gasteiger partial charge >= 0.3 is 5.97 Å². The number of carbonyl (C=O) groups is 1. The Bertz CT molecular complexity index is 353. The van der Waals surface area contributed by atoms with Crippen LogP contribution in [-0.2, 0) is 4.74 Å². The minimum atomic E-state index is -0.223. The van der Waals surface area contributed by atoms with Crippen molar-refractivity contribution in [1.29, 1.82) is 0 Å². The average molecular weight is 334 g/mol. The number of nitrogens with one attached hydrogen (secondary N) is 1. The summed E-state index contributed by atoms with van der Waals surface area (Å²) >= 11 is 2.14. The third-order valence-corrected chi connectivity index (χ3v) is 3.09. The molecule has 1 rings (SSSR count). The van der Waals surface area contributed by atoms with Crippen LogP contribution in [0.25, 0.3) is 0 Å². The predicted octanol–water partition coefficient (Wildman–Crippen LogP) is 0.983. The van der Waals surface area contributed by atoms with Gasteiger partial charge in [-0.25, -0.2) is 4.79 Å². The normalized spacial score (nSPS) is 10.5. The molecule has 1 aromatic rings. The SMILES string of the molecule is C[NH+](C)CCCOC(=O)c1ccccc1I. The Morgan fingerprint density at radius 1 is 1.38 bits per heavy atom. The highest BCUT2D eigenvalue weighted by Crippen LogP contribution is 2.12. The summed E-state index contributed by atoms with van der Waals surface area (Å²) in [7, 11) is 4.17. The largest absolute Gasteiger partial charge is 0.462 e. The van der Waals surface area contributed by atoms with Crippen molar-refractivity contribution in [3.63, 3.8) is 0 Å². The van der Waals surface area contributed by atoms with E-state index in [0.717, 1.165) is 16.5 Å². The molecule has 0 spiro atoms. The molecule has 0 atom stereocenters. The smallest absolute Gasteiger partial charge is 0.339 e. The van der Waals surface area contributed by atoms with Crippen molar-refractivity contribution in [3.8, 4) is 0 Å². The lowest BCUT2D eigenvalue weighted by Gasteiger charge is -2.08. The summed E-state index contributed by atoms with van der Waals surface area (Å²) < 4.78 is 6.14. The Labute approximate surface area is 110 Å². The van der Waals surface area contributed by atoms with Crippen LogP contribution in [0.5, 0.6) is 0 Å². The van der Waals surface area contributed by atoms with E-state index in [4.69, 9.17) is 4.74 Å². The van der Waals surface area contributed by atoms with Crippen LogP contribution in [-0.4, -0.2) is 33.2 Å². The Balaban J connectivity index is 2.39. The summed E-state index contributed by atoms with van der Waals surface area (Å²) in [5, 5.41) is 0. The summed E-state index contributed by atoms with van der Waals surface area (Å²) in [5.74, 6) is -0.223. The molecule has 0 aliphatic rings. The monoisotopic (exact) mass is 334 g/mol. The molecular formula is C12H17INO2+. The Hall–Kier alpha value is -0.620. The zero-order chi connectivity index (χ0) is 12.0. The molecule has 0 unspecified atom stereocenters.